The highest BCUT2D eigenvalue weighted by Gasteiger charge is 1.92. The van der Waals surface area contributed by atoms with Gasteiger partial charge in [-0.3, -0.25) is 0 Å². The first kappa shape index (κ1) is 8.82. The molecule has 1 N–H and O–H groups in total. The van der Waals surface area contributed by atoms with Crippen molar-refractivity contribution in [3.8, 4) is 6.57 Å². The lowest BCUT2D eigenvalue weighted by Crippen LogP contribution is -1.65. The number of aromatic amines is 1. The average molecular weight is 223 g/mol. The van der Waals surface area contributed by atoms with E-state index in [4.69, 9.17) is 5.26 Å². The first-order valence-electron chi connectivity index (χ1n) is 3.35. The summed E-state index contributed by atoms with van der Waals surface area (Å²) in [6, 6.07) is 8.23. The summed E-state index contributed by atoms with van der Waals surface area (Å²) in [5.74, 6) is 0. The molecule has 0 aliphatic heterocycles. The van der Waals surface area contributed by atoms with Gasteiger partial charge in [0.05, 0.1) is 0 Å². The normalized spacial score (nSPS) is 8.92. The Bertz CT molecular complexity index is 389. The summed E-state index contributed by atoms with van der Waals surface area (Å²) < 4.78 is 1.12. The summed E-state index contributed by atoms with van der Waals surface area (Å²) in [7, 11) is 0. The van der Waals surface area contributed by atoms with Crippen molar-refractivity contribution in [2.45, 2.75) is 0 Å². The molecule has 0 unspecified atom stereocenters. The Morgan fingerprint density at radius 3 is 2.75 bits per heavy atom. The molecular weight excluding hydrogens is 216 g/mol. The van der Waals surface area contributed by atoms with E-state index in [2.05, 4.69) is 45.7 Å². The third kappa shape index (κ3) is 1.66. The highest BCUT2D eigenvalue weighted by Crippen LogP contribution is 2.17. The molecule has 2 aromatic rings. The van der Waals surface area contributed by atoms with Gasteiger partial charge in [-0.05, 0) is 24.3 Å². The van der Waals surface area contributed by atoms with Crippen LogP contribution in [0, 0.1) is 11.8 Å². The summed E-state index contributed by atoms with van der Waals surface area (Å²) >= 11 is 3.40. The first-order chi connectivity index (χ1) is 5.86. The van der Waals surface area contributed by atoms with Crippen LogP contribution in [0.25, 0.3) is 10.9 Å². The van der Waals surface area contributed by atoms with Crippen LogP contribution in [0.4, 0.5) is 0 Å². The van der Waals surface area contributed by atoms with Crippen molar-refractivity contribution < 1.29 is 0 Å². The smallest absolute Gasteiger partial charge is 0.0462 e. The Balaban J connectivity index is 0.000000336. The van der Waals surface area contributed by atoms with E-state index in [1.807, 2.05) is 12.3 Å². The Morgan fingerprint density at radius 1 is 1.25 bits per heavy atom. The number of H-pyrrole nitrogens is 1. The van der Waals surface area contributed by atoms with Gasteiger partial charge >= 0.3 is 0 Å². The zero-order valence-corrected chi connectivity index (χ0v) is 7.88. The first-order valence-corrected chi connectivity index (χ1v) is 4.14. The number of fused-ring (bicyclic) bond motifs is 1. The number of aromatic nitrogens is 1. The molecule has 0 amide bonds. The van der Waals surface area contributed by atoms with Crippen LogP contribution >= 0.6 is 15.9 Å². The van der Waals surface area contributed by atoms with Crippen molar-refractivity contribution in [3.05, 3.63) is 34.9 Å². The number of nitrogens with one attached hydrogen (secondary N) is 1. The number of nitriles is 1. The van der Waals surface area contributed by atoms with Gasteiger partial charge < -0.3 is 4.98 Å². The minimum atomic E-state index is 1.12. The highest BCUT2D eigenvalue weighted by molar-refractivity contribution is 9.10. The van der Waals surface area contributed by atoms with E-state index in [9.17, 15) is 0 Å². The average Bonchev–Trinajstić information content (AvgIpc) is 2.54. The Hall–Kier alpha value is -1.27. The van der Waals surface area contributed by atoms with E-state index >= 15 is 0 Å². The van der Waals surface area contributed by atoms with Crippen LogP contribution in [-0.2, 0) is 0 Å². The van der Waals surface area contributed by atoms with Gasteiger partial charge in [0.15, 0.2) is 0 Å². The number of benzene rings is 1. The van der Waals surface area contributed by atoms with Crippen molar-refractivity contribution in [2.75, 3.05) is 0 Å². The van der Waals surface area contributed by atoms with Crippen LogP contribution in [0.1, 0.15) is 0 Å². The molecule has 0 radical (unpaired) electrons. The predicted molar refractivity (Wildman–Crippen MR) is 52.7 cm³/mol. The van der Waals surface area contributed by atoms with Gasteiger partial charge in [0.25, 0.3) is 0 Å². The van der Waals surface area contributed by atoms with Crippen LogP contribution < -0.4 is 0 Å². The second-order valence-electron chi connectivity index (χ2n) is 2.21. The van der Waals surface area contributed by atoms with E-state index in [0.29, 0.717) is 0 Å². The van der Waals surface area contributed by atoms with E-state index < -0.39 is 0 Å². The van der Waals surface area contributed by atoms with Gasteiger partial charge in [-0.25, -0.2) is 5.26 Å². The molecule has 2 nitrogen and oxygen atoms in total. The Kier molecular flexibility index (Phi) is 2.89. The minimum absolute atomic E-state index is 1.12. The molecule has 0 saturated carbocycles. The third-order valence-corrected chi connectivity index (χ3v) is 2.01. The number of rotatable bonds is 0. The van der Waals surface area contributed by atoms with Gasteiger partial charge in [0, 0.05) is 28.1 Å². The second kappa shape index (κ2) is 3.93. The number of nitrogens with zero attached hydrogens (tertiary/aromatic N) is 1. The zero-order chi connectivity index (χ0) is 8.97. The van der Waals surface area contributed by atoms with Crippen LogP contribution in [0.5, 0.6) is 0 Å². The molecule has 0 aliphatic rings. The molecule has 12 heavy (non-hydrogen) atoms. The standard InChI is InChI=1S/C8H6BrN.CHN/c9-7-1-2-8-6(5-7)3-4-10-8;1-2/h1-5,10H;1H. The van der Waals surface area contributed by atoms with Gasteiger partial charge in [0.2, 0.25) is 0 Å². The van der Waals surface area contributed by atoms with E-state index in [0.717, 1.165) is 4.47 Å². The van der Waals surface area contributed by atoms with Crippen LogP contribution in [0.2, 0.25) is 0 Å². The molecule has 0 spiro atoms. The quantitative estimate of drug-likeness (QED) is 0.732. The summed E-state index contributed by atoms with van der Waals surface area (Å²) in [5, 5.41) is 7.74. The lowest BCUT2D eigenvalue weighted by Gasteiger charge is -1.88. The van der Waals surface area contributed by atoms with Crippen molar-refractivity contribution >= 4 is 26.8 Å². The maximum absolute atomic E-state index is 6.50. The maximum Gasteiger partial charge on any atom is 0.0462 e. The molecule has 0 fully saturated rings. The molecule has 3 heteroatoms. The summed E-state index contributed by atoms with van der Waals surface area (Å²) in [6.07, 6.45) is 1.94. The Labute approximate surface area is 79.0 Å². The lowest BCUT2D eigenvalue weighted by atomic mass is 10.3. The summed E-state index contributed by atoms with van der Waals surface area (Å²) in [6.45, 7) is 3.50. The number of hydrogen-bond acceptors (Lipinski definition) is 1. The molecule has 0 aliphatic carbocycles. The summed E-state index contributed by atoms with van der Waals surface area (Å²) in [4.78, 5) is 3.13. The molecule has 60 valence electrons. The Morgan fingerprint density at radius 2 is 2.00 bits per heavy atom. The zero-order valence-electron chi connectivity index (χ0n) is 6.29. The van der Waals surface area contributed by atoms with Crippen molar-refractivity contribution in [1.82, 2.24) is 4.98 Å². The largest absolute Gasteiger partial charge is 0.361 e. The topological polar surface area (TPSA) is 39.6 Å². The number of halogens is 1. The van der Waals surface area contributed by atoms with Crippen molar-refractivity contribution in [1.29, 1.82) is 5.26 Å². The van der Waals surface area contributed by atoms with E-state index in [1.165, 1.54) is 10.9 Å². The van der Waals surface area contributed by atoms with Gasteiger partial charge in [-0.15, -0.1) is 0 Å². The van der Waals surface area contributed by atoms with Crippen LogP contribution in [0.15, 0.2) is 34.9 Å². The van der Waals surface area contributed by atoms with E-state index in [-0.39, 0.29) is 0 Å². The fourth-order valence-electron chi connectivity index (χ4n) is 1.02. The summed E-state index contributed by atoms with van der Waals surface area (Å²) in [5.41, 5.74) is 1.18. The molecule has 0 atom stereocenters. The third-order valence-electron chi connectivity index (χ3n) is 1.52. The second-order valence-corrected chi connectivity index (χ2v) is 3.12. The SMILES string of the molecule is Brc1ccc2[nH]ccc2c1.C#N. The van der Waals surface area contributed by atoms with Crippen molar-refractivity contribution in [3.63, 3.8) is 0 Å². The van der Waals surface area contributed by atoms with Crippen LogP contribution in [-0.4, -0.2) is 4.98 Å². The maximum atomic E-state index is 6.50. The molecule has 0 bridgehead atoms. The lowest BCUT2D eigenvalue weighted by molar-refractivity contribution is 1.48. The fourth-order valence-corrected chi connectivity index (χ4v) is 1.40. The van der Waals surface area contributed by atoms with Gasteiger partial charge in [-0.2, -0.15) is 0 Å². The monoisotopic (exact) mass is 222 g/mol. The molecule has 2 rings (SSSR count). The fraction of sp³-hybridized carbons (Fsp3) is 0. The molecule has 0 saturated heterocycles. The number of hydrogen-bond donors (Lipinski definition) is 1. The molecule has 1 aromatic carbocycles. The minimum Gasteiger partial charge on any atom is -0.361 e. The van der Waals surface area contributed by atoms with Crippen LogP contribution in [0.3, 0.4) is 0 Å². The van der Waals surface area contributed by atoms with Gasteiger partial charge in [0.1, 0.15) is 0 Å². The molecule has 1 heterocycles. The molecule has 1 aromatic heterocycles. The molecular formula is C9H7BrN2. The predicted octanol–water partition coefficient (Wildman–Crippen LogP) is 3.07. The highest BCUT2D eigenvalue weighted by atomic mass is 79.9. The van der Waals surface area contributed by atoms with Crippen molar-refractivity contribution in [2.24, 2.45) is 0 Å². The van der Waals surface area contributed by atoms with Gasteiger partial charge in [-0.1, -0.05) is 15.9 Å². The van der Waals surface area contributed by atoms with E-state index in [1.54, 1.807) is 0 Å².